The zero-order valence-electron chi connectivity index (χ0n) is 26.6. The number of H-pyrrole nitrogens is 2. The Morgan fingerprint density at radius 1 is 0.706 bits per heavy atom. The van der Waals surface area contributed by atoms with E-state index in [-0.39, 0.29) is 11.1 Å². The normalized spacial score (nSPS) is 10.5. The van der Waals surface area contributed by atoms with E-state index >= 15 is 0 Å². The summed E-state index contributed by atoms with van der Waals surface area (Å²) in [4.78, 5) is 46.1. The monoisotopic (exact) mass is 806 g/mol. The number of hydrogen-bond acceptors (Lipinski definition) is 9. The van der Waals surface area contributed by atoms with Crippen LogP contribution in [0.15, 0.2) is 140 Å². The SMILES string of the molecule is Nc1cc(-c2ccccc2)nc2c(Br)cnn12.O=Cc1cc[nH]c(=O)c1.O=c1cc(CNc2cc(-c3ccccc3)nc3c(Br)cnn23)cc[nH]1. The van der Waals surface area contributed by atoms with Crippen LogP contribution in [0.5, 0.6) is 0 Å². The summed E-state index contributed by atoms with van der Waals surface area (Å²) in [6, 6.07) is 29.9. The first-order valence-electron chi connectivity index (χ1n) is 15.3. The Balaban J connectivity index is 0.000000148. The number of carbonyl (C=O) groups is 1. The Morgan fingerprint density at radius 3 is 1.82 bits per heavy atom. The lowest BCUT2D eigenvalue weighted by molar-refractivity contribution is 0.112. The number of benzene rings is 2. The number of anilines is 2. The number of rotatable bonds is 6. The second-order valence-corrected chi connectivity index (χ2v) is 12.5. The van der Waals surface area contributed by atoms with Crippen LogP contribution in [0.25, 0.3) is 33.8 Å². The minimum absolute atomic E-state index is 0.119. The zero-order valence-corrected chi connectivity index (χ0v) is 29.7. The first kappa shape index (κ1) is 34.7. The lowest BCUT2D eigenvalue weighted by atomic mass is 10.1. The van der Waals surface area contributed by atoms with Gasteiger partial charge in [-0.05, 0) is 49.6 Å². The fourth-order valence-corrected chi connectivity index (χ4v) is 5.56. The van der Waals surface area contributed by atoms with Crippen LogP contribution in [-0.4, -0.2) is 45.5 Å². The standard InChI is InChI=1S/C18H14BrN5O.C12H9BrN4.C6H5NO2/c19-14-11-22-24-16(21-10-12-6-7-20-17(25)8-12)9-15(23-18(14)24)13-4-2-1-3-5-13;13-9-7-15-17-11(14)6-10(16-12(9)17)8-4-2-1-3-5-8;8-4-5-1-2-7-6(9)3-5/h1-9,11,21H,10H2,(H,20,25);1-7H,14H2;1-4H,(H,7,9). The maximum absolute atomic E-state index is 11.4. The summed E-state index contributed by atoms with van der Waals surface area (Å²) in [5.74, 6) is 1.37. The molecule has 0 saturated heterocycles. The third kappa shape index (κ3) is 8.52. The average molecular weight is 808 g/mol. The molecule has 0 amide bonds. The van der Waals surface area contributed by atoms with Gasteiger partial charge in [-0.3, -0.25) is 14.4 Å². The maximum Gasteiger partial charge on any atom is 0.248 e. The van der Waals surface area contributed by atoms with E-state index in [9.17, 15) is 14.4 Å². The number of nitrogens with one attached hydrogen (secondary N) is 3. The van der Waals surface area contributed by atoms with Gasteiger partial charge < -0.3 is 21.0 Å². The largest absolute Gasteiger partial charge is 0.384 e. The number of hydrogen-bond donors (Lipinski definition) is 4. The molecule has 254 valence electrons. The van der Waals surface area contributed by atoms with Gasteiger partial charge in [0.2, 0.25) is 11.1 Å². The summed E-state index contributed by atoms with van der Waals surface area (Å²) in [6.45, 7) is 0.509. The number of pyridine rings is 2. The lowest BCUT2D eigenvalue weighted by Gasteiger charge is -2.11. The lowest BCUT2D eigenvalue weighted by Crippen LogP contribution is -2.10. The molecule has 0 fully saturated rings. The van der Waals surface area contributed by atoms with E-state index in [4.69, 9.17) is 10.7 Å². The van der Waals surface area contributed by atoms with Gasteiger partial charge in [0.1, 0.15) is 17.9 Å². The van der Waals surface area contributed by atoms with Gasteiger partial charge in [-0.1, -0.05) is 60.7 Å². The maximum atomic E-state index is 11.4. The highest BCUT2D eigenvalue weighted by Gasteiger charge is 2.12. The van der Waals surface area contributed by atoms with E-state index in [1.807, 2.05) is 78.9 Å². The highest BCUT2D eigenvalue weighted by atomic mass is 79.9. The van der Waals surface area contributed by atoms with E-state index in [2.05, 4.69) is 62.3 Å². The second kappa shape index (κ2) is 16.0. The van der Waals surface area contributed by atoms with Gasteiger partial charge in [0.25, 0.3) is 0 Å². The number of aldehydes is 1. The Morgan fingerprint density at radius 2 is 1.25 bits per heavy atom. The molecule has 8 aromatic rings. The van der Waals surface area contributed by atoms with Gasteiger partial charge in [-0.2, -0.15) is 19.2 Å². The summed E-state index contributed by atoms with van der Waals surface area (Å²) in [6.07, 6.45) is 7.12. The highest BCUT2D eigenvalue weighted by molar-refractivity contribution is 9.11. The molecule has 15 heteroatoms. The van der Waals surface area contributed by atoms with Gasteiger partial charge >= 0.3 is 0 Å². The van der Waals surface area contributed by atoms with Crippen molar-refractivity contribution in [1.82, 2.24) is 39.2 Å². The molecule has 0 radical (unpaired) electrons. The van der Waals surface area contributed by atoms with Crippen molar-refractivity contribution >= 4 is 61.1 Å². The van der Waals surface area contributed by atoms with Gasteiger partial charge in [0.05, 0.1) is 32.7 Å². The molecule has 0 spiro atoms. The topological polar surface area (TPSA) is 181 Å². The third-order valence-corrected chi connectivity index (χ3v) is 8.39. The molecule has 0 aliphatic carbocycles. The van der Waals surface area contributed by atoms with Crippen molar-refractivity contribution in [3.05, 3.63) is 163 Å². The Labute approximate surface area is 306 Å². The molecule has 51 heavy (non-hydrogen) atoms. The Hall–Kier alpha value is -6.19. The van der Waals surface area contributed by atoms with Crippen LogP contribution in [0.4, 0.5) is 11.6 Å². The van der Waals surface area contributed by atoms with E-state index in [0.717, 1.165) is 54.1 Å². The predicted molar refractivity (Wildman–Crippen MR) is 203 cm³/mol. The van der Waals surface area contributed by atoms with Gasteiger partial charge in [0.15, 0.2) is 11.3 Å². The first-order chi connectivity index (χ1) is 24.8. The number of nitrogens with two attached hydrogens (primary N) is 1. The zero-order chi connectivity index (χ0) is 35.7. The van der Waals surface area contributed by atoms with Crippen LogP contribution in [0, 0.1) is 0 Å². The molecular formula is C36H28Br2N10O3. The molecule has 0 aliphatic heterocycles. The minimum Gasteiger partial charge on any atom is -0.384 e. The number of aromatic amines is 2. The summed E-state index contributed by atoms with van der Waals surface area (Å²) < 4.78 is 5.01. The molecular weight excluding hydrogens is 780 g/mol. The molecule has 0 atom stereocenters. The highest BCUT2D eigenvalue weighted by Crippen LogP contribution is 2.26. The van der Waals surface area contributed by atoms with Crippen molar-refractivity contribution in [2.24, 2.45) is 0 Å². The molecule has 6 aromatic heterocycles. The first-order valence-corrected chi connectivity index (χ1v) is 16.9. The molecule has 13 nitrogen and oxygen atoms in total. The van der Waals surface area contributed by atoms with E-state index in [1.54, 1.807) is 33.7 Å². The van der Waals surface area contributed by atoms with E-state index < -0.39 is 0 Å². The number of halogens is 2. The predicted octanol–water partition coefficient (Wildman–Crippen LogP) is 6.39. The molecule has 0 unspecified atom stereocenters. The smallest absolute Gasteiger partial charge is 0.248 e. The second-order valence-electron chi connectivity index (χ2n) is 10.8. The van der Waals surface area contributed by atoms with E-state index in [0.29, 0.717) is 24.2 Å². The van der Waals surface area contributed by atoms with Gasteiger partial charge in [-0.25, -0.2) is 9.97 Å². The van der Waals surface area contributed by atoms with Crippen molar-refractivity contribution in [3.63, 3.8) is 0 Å². The van der Waals surface area contributed by atoms with Crippen LogP contribution in [0.3, 0.4) is 0 Å². The molecule has 2 aromatic carbocycles. The van der Waals surface area contributed by atoms with Crippen molar-refractivity contribution in [1.29, 1.82) is 0 Å². The van der Waals surface area contributed by atoms with E-state index in [1.165, 1.54) is 18.3 Å². The summed E-state index contributed by atoms with van der Waals surface area (Å²) >= 11 is 6.90. The number of nitrogen functional groups attached to an aromatic ring is 1. The van der Waals surface area contributed by atoms with Gasteiger partial charge in [0, 0.05) is 59.9 Å². The van der Waals surface area contributed by atoms with Crippen LogP contribution < -0.4 is 22.2 Å². The molecule has 6 heterocycles. The molecule has 0 aliphatic rings. The average Bonchev–Trinajstić information content (AvgIpc) is 3.73. The quantitative estimate of drug-likeness (QED) is 0.139. The van der Waals surface area contributed by atoms with Crippen LogP contribution >= 0.6 is 31.9 Å². The molecule has 0 bridgehead atoms. The minimum atomic E-state index is -0.250. The summed E-state index contributed by atoms with van der Waals surface area (Å²) in [5, 5.41) is 11.8. The summed E-state index contributed by atoms with van der Waals surface area (Å²) in [7, 11) is 0. The number of fused-ring (bicyclic) bond motifs is 2. The van der Waals surface area contributed by atoms with Crippen molar-refractivity contribution in [2.75, 3.05) is 11.1 Å². The fourth-order valence-electron chi connectivity index (χ4n) is 4.86. The fraction of sp³-hybridized carbons (Fsp3) is 0.0278. The number of nitrogens with zero attached hydrogens (tertiary/aromatic N) is 6. The molecule has 0 saturated carbocycles. The number of carbonyl (C=O) groups excluding carboxylic acids is 1. The Bertz CT molecular complexity index is 2550. The number of aromatic nitrogens is 8. The Kier molecular flexibility index (Phi) is 10.9. The van der Waals surface area contributed by atoms with Crippen molar-refractivity contribution in [3.8, 4) is 22.5 Å². The van der Waals surface area contributed by atoms with Gasteiger partial charge in [-0.15, -0.1) is 0 Å². The van der Waals surface area contributed by atoms with Crippen LogP contribution in [0.2, 0.25) is 0 Å². The van der Waals surface area contributed by atoms with Crippen LogP contribution in [-0.2, 0) is 6.54 Å². The van der Waals surface area contributed by atoms with Crippen LogP contribution in [0.1, 0.15) is 15.9 Å². The molecule has 8 rings (SSSR count). The van der Waals surface area contributed by atoms with Crippen molar-refractivity contribution in [2.45, 2.75) is 6.54 Å². The van der Waals surface area contributed by atoms with Crippen molar-refractivity contribution < 1.29 is 4.79 Å². The third-order valence-electron chi connectivity index (χ3n) is 7.27. The summed E-state index contributed by atoms with van der Waals surface area (Å²) in [5.41, 5.74) is 12.1. The molecule has 5 N–H and O–H groups in total.